The van der Waals surface area contributed by atoms with Gasteiger partial charge in [-0.15, -0.1) is 0 Å². The van der Waals surface area contributed by atoms with Crippen LogP contribution in [0.25, 0.3) is 0 Å². The van der Waals surface area contributed by atoms with Gasteiger partial charge in [0.2, 0.25) is 0 Å². The van der Waals surface area contributed by atoms with E-state index in [1.54, 1.807) is 0 Å². The van der Waals surface area contributed by atoms with Crippen molar-refractivity contribution in [2.24, 2.45) is 10.7 Å². The molecule has 2 rings (SSSR count). The first kappa shape index (κ1) is 14.9. The highest BCUT2D eigenvalue weighted by Gasteiger charge is 2.10. The zero-order chi connectivity index (χ0) is 14.0. The first-order valence-corrected chi connectivity index (χ1v) is 7.52. The molecule has 1 aromatic carbocycles. The lowest BCUT2D eigenvalue weighted by atomic mass is 10.1. The maximum Gasteiger partial charge on any atom is 1.00 e. The predicted octanol–water partition coefficient (Wildman–Crippen LogP) is 2.54. The number of hydrogen-bond donors (Lipinski definition) is 1. The summed E-state index contributed by atoms with van der Waals surface area (Å²) in [7, 11) is 0. The molecule has 0 amide bonds. The topological polar surface area (TPSA) is 50.9 Å². The molecule has 1 aromatic rings. The van der Waals surface area contributed by atoms with E-state index in [1.165, 1.54) is 44.3 Å². The van der Waals surface area contributed by atoms with Gasteiger partial charge < -0.3 is 10.5 Å². The van der Waals surface area contributed by atoms with Gasteiger partial charge in [-0.3, -0.25) is 9.89 Å². The number of rotatable bonds is 7. The van der Waals surface area contributed by atoms with E-state index in [2.05, 4.69) is 28.1 Å². The molecule has 1 saturated heterocycles. The molecule has 0 bridgehead atoms. The van der Waals surface area contributed by atoms with E-state index in [0.29, 0.717) is 6.61 Å². The fraction of sp³-hybridized carbons (Fsp3) is 0.562. The van der Waals surface area contributed by atoms with Crippen LogP contribution in [0, 0.1) is 0 Å². The fourth-order valence-electron chi connectivity index (χ4n) is 2.53. The lowest BCUT2D eigenvalue weighted by Gasteiger charge is -2.26. The Morgan fingerprint density at radius 3 is 2.95 bits per heavy atom. The van der Waals surface area contributed by atoms with Gasteiger partial charge >= 0.3 is 1.43 Å². The summed E-state index contributed by atoms with van der Waals surface area (Å²) in [5.41, 5.74) is 6.53. The number of nitrogens with zero attached hydrogens (tertiary/aromatic N) is 2. The zero-order valence-electron chi connectivity index (χ0n) is 13.1. The van der Waals surface area contributed by atoms with E-state index < -0.39 is 0 Å². The molecular formula is C16H26N3O+. The molecule has 110 valence electrons. The van der Waals surface area contributed by atoms with Gasteiger partial charge in [-0.05, 0) is 43.6 Å². The van der Waals surface area contributed by atoms with Crippen LogP contribution in [0.3, 0.4) is 0 Å². The van der Waals surface area contributed by atoms with Gasteiger partial charge in [-0.25, -0.2) is 0 Å². The van der Waals surface area contributed by atoms with Crippen molar-refractivity contribution < 1.29 is 6.16 Å². The molecular weight excluding hydrogens is 250 g/mol. The molecule has 1 aliphatic heterocycles. The fourth-order valence-corrected chi connectivity index (χ4v) is 2.53. The van der Waals surface area contributed by atoms with Gasteiger partial charge in [-0.1, -0.05) is 18.6 Å². The van der Waals surface area contributed by atoms with Crippen molar-refractivity contribution in [3.05, 3.63) is 29.8 Å². The van der Waals surface area contributed by atoms with E-state index in [0.717, 1.165) is 25.3 Å². The van der Waals surface area contributed by atoms with Crippen LogP contribution in [0.5, 0.6) is 5.75 Å². The van der Waals surface area contributed by atoms with Crippen LogP contribution in [0.2, 0.25) is 0 Å². The van der Waals surface area contributed by atoms with Gasteiger partial charge in [-0.2, -0.15) is 0 Å². The van der Waals surface area contributed by atoms with Crippen molar-refractivity contribution in [2.75, 3.05) is 26.2 Å². The summed E-state index contributed by atoms with van der Waals surface area (Å²) in [5, 5.41) is 0. The van der Waals surface area contributed by atoms with E-state index in [4.69, 9.17) is 10.5 Å². The zero-order valence-corrected chi connectivity index (χ0v) is 12.1. The Bertz CT molecular complexity index is 420. The van der Waals surface area contributed by atoms with Gasteiger partial charge in [0.25, 0.3) is 0 Å². The van der Waals surface area contributed by atoms with Crippen molar-refractivity contribution in [3.8, 4) is 5.75 Å². The molecule has 1 fully saturated rings. The third kappa shape index (κ3) is 5.21. The Morgan fingerprint density at radius 2 is 2.15 bits per heavy atom. The summed E-state index contributed by atoms with van der Waals surface area (Å²) in [5.74, 6) is 0.955. The summed E-state index contributed by atoms with van der Waals surface area (Å²) < 4.78 is 5.75. The lowest BCUT2D eigenvalue weighted by molar-refractivity contribution is 0.220. The molecule has 0 unspecified atom stereocenters. The monoisotopic (exact) mass is 276 g/mol. The molecule has 4 nitrogen and oxygen atoms in total. The summed E-state index contributed by atoms with van der Waals surface area (Å²) in [6.07, 6.45) is 6.28. The van der Waals surface area contributed by atoms with Crippen LogP contribution < -0.4 is 10.5 Å². The SMILES string of the molecule is N/C=N\CCCOc1cccc(CN2CCCCC2)c1.[H+]. The Morgan fingerprint density at radius 1 is 1.30 bits per heavy atom. The number of piperidine rings is 1. The van der Waals surface area contributed by atoms with Crippen LogP contribution in [0.1, 0.15) is 32.7 Å². The van der Waals surface area contributed by atoms with Crippen molar-refractivity contribution in [1.82, 2.24) is 4.90 Å². The number of benzene rings is 1. The molecule has 0 spiro atoms. The van der Waals surface area contributed by atoms with Crippen LogP contribution in [-0.4, -0.2) is 37.5 Å². The van der Waals surface area contributed by atoms with Gasteiger partial charge in [0.1, 0.15) is 5.75 Å². The van der Waals surface area contributed by atoms with Crippen LogP contribution in [0.15, 0.2) is 29.3 Å². The minimum atomic E-state index is 0. The van der Waals surface area contributed by atoms with E-state index in [-0.39, 0.29) is 1.43 Å². The number of nitrogens with two attached hydrogens (primary N) is 1. The normalized spacial score (nSPS) is 16.6. The first-order chi connectivity index (χ1) is 9.88. The Hall–Kier alpha value is -1.55. The van der Waals surface area contributed by atoms with Gasteiger partial charge in [0, 0.05) is 19.5 Å². The van der Waals surface area contributed by atoms with E-state index in [9.17, 15) is 0 Å². The predicted molar refractivity (Wildman–Crippen MR) is 84.3 cm³/mol. The summed E-state index contributed by atoms with van der Waals surface area (Å²) in [4.78, 5) is 6.49. The smallest absolute Gasteiger partial charge is 0.494 e. The molecule has 0 saturated carbocycles. The van der Waals surface area contributed by atoms with Crippen molar-refractivity contribution >= 4 is 6.34 Å². The van der Waals surface area contributed by atoms with Gasteiger partial charge in [0.05, 0.1) is 12.9 Å². The maximum absolute atomic E-state index is 5.75. The summed E-state index contributed by atoms with van der Waals surface area (Å²) in [6.45, 7) is 4.90. The maximum atomic E-state index is 5.75. The Labute approximate surface area is 123 Å². The highest BCUT2D eigenvalue weighted by molar-refractivity contribution is 5.50. The number of likely N-dealkylation sites (tertiary alicyclic amines) is 1. The van der Waals surface area contributed by atoms with Crippen LogP contribution >= 0.6 is 0 Å². The second-order valence-electron chi connectivity index (χ2n) is 5.24. The standard InChI is InChI=1S/C16H25N3O/c17-14-18-8-5-11-20-16-7-4-6-15(12-16)13-19-9-2-1-3-10-19/h4,6-7,12,14H,1-3,5,8-11,13H2,(H2,17,18)/p+1. The third-order valence-corrected chi connectivity index (χ3v) is 3.56. The molecule has 4 heteroatoms. The van der Waals surface area contributed by atoms with E-state index >= 15 is 0 Å². The van der Waals surface area contributed by atoms with Crippen LogP contribution in [0.4, 0.5) is 0 Å². The van der Waals surface area contributed by atoms with Crippen molar-refractivity contribution in [1.29, 1.82) is 0 Å². The average molecular weight is 276 g/mol. The molecule has 1 heterocycles. The molecule has 20 heavy (non-hydrogen) atoms. The number of hydrogen-bond acceptors (Lipinski definition) is 3. The van der Waals surface area contributed by atoms with E-state index in [1.807, 2.05) is 6.07 Å². The quantitative estimate of drug-likeness (QED) is 0.473. The highest BCUT2D eigenvalue weighted by Crippen LogP contribution is 2.17. The lowest BCUT2D eigenvalue weighted by Crippen LogP contribution is -2.29. The van der Waals surface area contributed by atoms with Crippen molar-refractivity contribution in [3.63, 3.8) is 0 Å². The minimum Gasteiger partial charge on any atom is -0.494 e. The molecule has 0 atom stereocenters. The summed E-state index contributed by atoms with van der Waals surface area (Å²) >= 11 is 0. The number of aliphatic imine (C=N–C) groups is 1. The summed E-state index contributed by atoms with van der Waals surface area (Å²) in [6, 6.07) is 8.43. The van der Waals surface area contributed by atoms with Crippen molar-refractivity contribution in [2.45, 2.75) is 32.2 Å². The highest BCUT2D eigenvalue weighted by atomic mass is 16.5. The molecule has 2 N–H and O–H groups in total. The Balaban J connectivity index is 0.00000220. The molecule has 0 radical (unpaired) electrons. The Kier molecular flexibility index (Phi) is 6.38. The molecule has 1 aliphatic rings. The largest absolute Gasteiger partial charge is 1.00 e. The third-order valence-electron chi connectivity index (χ3n) is 3.56. The first-order valence-electron chi connectivity index (χ1n) is 7.52. The minimum absolute atomic E-state index is 0. The number of ether oxygens (including phenoxy) is 1. The average Bonchev–Trinajstić information content (AvgIpc) is 2.48. The second-order valence-corrected chi connectivity index (χ2v) is 5.24. The van der Waals surface area contributed by atoms with Gasteiger partial charge in [0.15, 0.2) is 0 Å². The van der Waals surface area contributed by atoms with Crippen LogP contribution in [-0.2, 0) is 6.54 Å². The second kappa shape index (κ2) is 8.59. The molecule has 0 aliphatic carbocycles. The molecule has 0 aromatic heterocycles.